The van der Waals surface area contributed by atoms with Gasteiger partial charge in [0.1, 0.15) is 0 Å². The molecule has 4 heteroatoms. The summed E-state index contributed by atoms with van der Waals surface area (Å²) < 4.78 is 0. The van der Waals surface area contributed by atoms with E-state index in [-0.39, 0.29) is 5.78 Å². The fraction of sp³-hybridized carbons (Fsp3) is 0.222. The molecule has 0 unspecified atom stereocenters. The summed E-state index contributed by atoms with van der Waals surface area (Å²) in [5, 5.41) is 0.648. The molecular weight excluding hydrogens is 296 g/mol. The average molecular weight is 313 g/mol. The molecule has 112 valence electrons. The largest absolute Gasteiger partial charge is 0.369 e. The standard InChI is InChI=1S/C18H17ClN2O/c19-15-8-6-14(7-9-15)18(22)10-13-21-12-3-11-20-16-4-1-2-5-17(16)21/h1-2,4-9,11H,3,10,12-13H2. The number of rotatable bonds is 4. The van der Waals surface area contributed by atoms with E-state index in [2.05, 4.69) is 16.0 Å². The topological polar surface area (TPSA) is 32.7 Å². The van der Waals surface area contributed by atoms with Gasteiger partial charge in [-0.2, -0.15) is 0 Å². The van der Waals surface area contributed by atoms with Gasteiger partial charge in [-0.25, -0.2) is 0 Å². The minimum atomic E-state index is 0.138. The zero-order valence-corrected chi connectivity index (χ0v) is 13.0. The third-order valence-corrected chi connectivity index (χ3v) is 4.01. The Balaban J connectivity index is 1.69. The van der Waals surface area contributed by atoms with E-state index in [1.807, 2.05) is 24.4 Å². The maximum Gasteiger partial charge on any atom is 0.164 e. The molecule has 0 spiro atoms. The van der Waals surface area contributed by atoms with Crippen LogP contribution >= 0.6 is 11.6 Å². The zero-order chi connectivity index (χ0) is 15.4. The van der Waals surface area contributed by atoms with Crippen molar-refractivity contribution >= 4 is 35.0 Å². The molecule has 1 aliphatic rings. The molecule has 0 fully saturated rings. The molecule has 0 radical (unpaired) electrons. The quantitative estimate of drug-likeness (QED) is 0.777. The maximum atomic E-state index is 12.3. The first-order valence-corrected chi connectivity index (χ1v) is 7.77. The average Bonchev–Trinajstić information content (AvgIpc) is 2.75. The van der Waals surface area contributed by atoms with Crippen molar-refractivity contribution in [1.82, 2.24) is 0 Å². The normalized spacial score (nSPS) is 13.6. The lowest BCUT2D eigenvalue weighted by Crippen LogP contribution is -2.27. The van der Waals surface area contributed by atoms with Gasteiger partial charge >= 0.3 is 0 Å². The Bertz CT molecular complexity index is 694. The van der Waals surface area contributed by atoms with Crippen LogP contribution < -0.4 is 4.90 Å². The Morgan fingerprint density at radius 3 is 2.73 bits per heavy atom. The van der Waals surface area contributed by atoms with E-state index in [4.69, 9.17) is 11.6 Å². The molecule has 2 aromatic carbocycles. The van der Waals surface area contributed by atoms with Crippen LogP contribution in [0, 0.1) is 0 Å². The van der Waals surface area contributed by atoms with Crippen LogP contribution in [0.2, 0.25) is 5.02 Å². The molecule has 3 nitrogen and oxygen atoms in total. The summed E-state index contributed by atoms with van der Waals surface area (Å²) in [5.74, 6) is 0.138. The highest BCUT2D eigenvalue weighted by Crippen LogP contribution is 2.30. The first kappa shape index (κ1) is 14.8. The molecule has 0 amide bonds. The van der Waals surface area contributed by atoms with Gasteiger partial charge in [0, 0.05) is 42.7 Å². The van der Waals surface area contributed by atoms with Gasteiger partial charge in [0.2, 0.25) is 0 Å². The van der Waals surface area contributed by atoms with Gasteiger partial charge in [-0.15, -0.1) is 0 Å². The Hall–Kier alpha value is -2.13. The molecule has 0 bridgehead atoms. The number of halogens is 1. The van der Waals surface area contributed by atoms with Gasteiger partial charge in [0.05, 0.1) is 11.4 Å². The molecular formula is C18H17ClN2O. The van der Waals surface area contributed by atoms with Crippen molar-refractivity contribution in [2.24, 2.45) is 4.99 Å². The number of hydrogen-bond donors (Lipinski definition) is 0. The zero-order valence-electron chi connectivity index (χ0n) is 12.2. The number of hydrogen-bond acceptors (Lipinski definition) is 3. The van der Waals surface area contributed by atoms with Crippen LogP contribution in [-0.4, -0.2) is 25.1 Å². The number of para-hydroxylation sites is 2. The van der Waals surface area contributed by atoms with Crippen molar-refractivity contribution in [2.45, 2.75) is 12.8 Å². The molecule has 1 aliphatic heterocycles. The lowest BCUT2D eigenvalue weighted by molar-refractivity contribution is 0.0984. The van der Waals surface area contributed by atoms with Crippen molar-refractivity contribution in [3.05, 3.63) is 59.1 Å². The molecule has 3 rings (SSSR count). The number of anilines is 1. The summed E-state index contributed by atoms with van der Waals surface area (Å²) in [6.45, 7) is 1.58. The van der Waals surface area contributed by atoms with Crippen molar-refractivity contribution in [3.63, 3.8) is 0 Å². The first-order valence-electron chi connectivity index (χ1n) is 7.39. The number of carbonyl (C=O) groups is 1. The highest BCUT2D eigenvalue weighted by molar-refractivity contribution is 6.30. The predicted octanol–water partition coefficient (Wildman–Crippen LogP) is 4.53. The minimum absolute atomic E-state index is 0.138. The van der Waals surface area contributed by atoms with Gasteiger partial charge in [-0.3, -0.25) is 9.79 Å². The predicted molar refractivity (Wildman–Crippen MR) is 91.8 cm³/mol. The minimum Gasteiger partial charge on any atom is -0.369 e. The van der Waals surface area contributed by atoms with Gasteiger partial charge in [-0.1, -0.05) is 23.7 Å². The van der Waals surface area contributed by atoms with E-state index in [9.17, 15) is 4.79 Å². The van der Waals surface area contributed by atoms with Crippen LogP contribution in [0.5, 0.6) is 0 Å². The Morgan fingerprint density at radius 1 is 1.14 bits per heavy atom. The van der Waals surface area contributed by atoms with E-state index >= 15 is 0 Å². The third-order valence-electron chi connectivity index (χ3n) is 3.76. The van der Waals surface area contributed by atoms with E-state index in [0.29, 0.717) is 23.6 Å². The van der Waals surface area contributed by atoms with Crippen LogP contribution in [-0.2, 0) is 0 Å². The summed E-state index contributed by atoms with van der Waals surface area (Å²) in [6.07, 6.45) is 3.32. The van der Waals surface area contributed by atoms with Gasteiger partial charge < -0.3 is 4.90 Å². The molecule has 1 heterocycles. The Kier molecular flexibility index (Phi) is 4.54. The van der Waals surface area contributed by atoms with Crippen LogP contribution in [0.25, 0.3) is 0 Å². The molecule has 0 saturated carbocycles. The SMILES string of the molecule is O=C(CCN1CCC=Nc2ccccc21)c1ccc(Cl)cc1. The highest BCUT2D eigenvalue weighted by atomic mass is 35.5. The number of benzene rings is 2. The molecule has 0 atom stereocenters. The molecule has 22 heavy (non-hydrogen) atoms. The van der Waals surface area contributed by atoms with Crippen LogP contribution in [0.15, 0.2) is 53.5 Å². The second-order valence-corrected chi connectivity index (χ2v) is 5.69. The van der Waals surface area contributed by atoms with Crippen LogP contribution in [0.1, 0.15) is 23.2 Å². The van der Waals surface area contributed by atoms with Crippen LogP contribution in [0.4, 0.5) is 11.4 Å². The van der Waals surface area contributed by atoms with Crippen LogP contribution in [0.3, 0.4) is 0 Å². The number of aliphatic imine (C=N–C) groups is 1. The highest BCUT2D eigenvalue weighted by Gasteiger charge is 2.14. The molecule has 0 aliphatic carbocycles. The van der Waals surface area contributed by atoms with Crippen molar-refractivity contribution in [3.8, 4) is 0 Å². The summed E-state index contributed by atoms with van der Waals surface area (Å²) in [7, 11) is 0. The van der Waals surface area contributed by atoms with E-state index in [1.165, 1.54) is 0 Å². The van der Waals surface area contributed by atoms with Gasteiger partial charge in [0.25, 0.3) is 0 Å². The lowest BCUT2D eigenvalue weighted by atomic mass is 10.1. The van der Waals surface area contributed by atoms with E-state index in [1.54, 1.807) is 24.3 Å². The Morgan fingerprint density at radius 2 is 1.91 bits per heavy atom. The number of nitrogens with zero attached hydrogens (tertiary/aromatic N) is 2. The van der Waals surface area contributed by atoms with Gasteiger partial charge in [-0.05, 0) is 36.4 Å². The maximum absolute atomic E-state index is 12.3. The third kappa shape index (κ3) is 3.37. The second-order valence-electron chi connectivity index (χ2n) is 5.26. The number of fused-ring (bicyclic) bond motifs is 1. The summed E-state index contributed by atoms with van der Waals surface area (Å²) in [5.41, 5.74) is 2.78. The number of Topliss-reactive ketones (excluding diaryl/α,β-unsaturated/α-hetero) is 1. The van der Waals surface area contributed by atoms with Crippen molar-refractivity contribution < 1.29 is 4.79 Å². The fourth-order valence-electron chi connectivity index (χ4n) is 2.59. The summed E-state index contributed by atoms with van der Waals surface area (Å²) in [6, 6.07) is 15.1. The van der Waals surface area contributed by atoms with Gasteiger partial charge in [0.15, 0.2) is 5.78 Å². The number of carbonyl (C=O) groups excluding carboxylic acids is 1. The molecule has 0 aromatic heterocycles. The first-order chi connectivity index (χ1) is 10.7. The smallest absolute Gasteiger partial charge is 0.164 e. The Labute approximate surface area is 135 Å². The summed E-state index contributed by atoms with van der Waals surface area (Å²) >= 11 is 5.86. The van der Waals surface area contributed by atoms with E-state index in [0.717, 1.165) is 24.3 Å². The molecule has 0 N–H and O–H groups in total. The lowest BCUT2D eigenvalue weighted by Gasteiger charge is -2.23. The van der Waals surface area contributed by atoms with Crippen molar-refractivity contribution in [2.75, 3.05) is 18.0 Å². The summed E-state index contributed by atoms with van der Waals surface area (Å²) in [4.78, 5) is 19.0. The molecule has 0 saturated heterocycles. The molecule has 2 aromatic rings. The fourth-order valence-corrected chi connectivity index (χ4v) is 2.71. The van der Waals surface area contributed by atoms with E-state index < -0.39 is 0 Å². The second kappa shape index (κ2) is 6.75. The number of ketones is 1. The monoisotopic (exact) mass is 312 g/mol. The van der Waals surface area contributed by atoms with Crippen molar-refractivity contribution in [1.29, 1.82) is 0 Å².